The molecule has 1 aliphatic heterocycles. The second kappa shape index (κ2) is 6.65. The van der Waals surface area contributed by atoms with Gasteiger partial charge in [0, 0.05) is 22.2 Å². The number of hydrogen-bond acceptors (Lipinski definition) is 4. The molecule has 0 aliphatic carbocycles. The molecule has 0 saturated carbocycles. The average molecular weight is 364 g/mol. The van der Waals surface area contributed by atoms with Crippen molar-refractivity contribution in [2.24, 2.45) is 4.99 Å². The molecular weight excluding hydrogens is 350 g/mol. The maximum absolute atomic E-state index is 12.1. The minimum atomic E-state index is -0.499. The van der Waals surface area contributed by atoms with E-state index in [0.717, 1.165) is 16.7 Å². The molecule has 0 N–H and O–H groups in total. The third-order valence-corrected chi connectivity index (χ3v) is 4.17. The summed E-state index contributed by atoms with van der Waals surface area (Å²) in [5.41, 5.74) is 2.94. The summed E-state index contributed by atoms with van der Waals surface area (Å²) in [7, 11) is 0. The standard InChI is InChI=1S/C21H14ClNO3/c1-13-5-7-14(8-6-13)20-23-18(21(24)26-20)12-17-9-10-19(25-17)15-3-2-4-16(22)11-15/h2-12H,1H3/b18-12-. The molecule has 0 radical (unpaired) electrons. The van der Waals surface area contributed by atoms with E-state index in [-0.39, 0.29) is 5.70 Å². The first kappa shape index (κ1) is 16.4. The fourth-order valence-corrected chi connectivity index (χ4v) is 2.78. The number of cyclic esters (lactones) is 1. The third-order valence-electron chi connectivity index (χ3n) is 3.93. The molecule has 3 aromatic rings. The molecule has 0 saturated heterocycles. The summed E-state index contributed by atoms with van der Waals surface area (Å²) in [6.45, 7) is 1.99. The summed E-state index contributed by atoms with van der Waals surface area (Å²) >= 11 is 6.01. The van der Waals surface area contributed by atoms with Crippen molar-refractivity contribution in [3.8, 4) is 11.3 Å². The quantitative estimate of drug-likeness (QED) is 0.471. The van der Waals surface area contributed by atoms with Gasteiger partial charge in [-0.1, -0.05) is 41.4 Å². The SMILES string of the molecule is Cc1ccc(C2=N/C(=C\c3ccc(-c4cccc(Cl)c4)o3)C(=O)O2)cc1. The lowest BCUT2D eigenvalue weighted by Gasteiger charge is -1.99. The van der Waals surface area contributed by atoms with E-state index in [0.29, 0.717) is 22.4 Å². The maximum atomic E-state index is 12.1. The molecule has 0 bridgehead atoms. The summed E-state index contributed by atoms with van der Waals surface area (Å²) in [6, 6.07) is 18.6. The number of aliphatic imine (C=N–C) groups is 1. The van der Waals surface area contributed by atoms with Gasteiger partial charge in [-0.2, -0.15) is 0 Å². The molecule has 2 heterocycles. The zero-order valence-electron chi connectivity index (χ0n) is 13.9. The minimum Gasteiger partial charge on any atom is -0.457 e. The molecule has 1 aromatic heterocycles. The van der Waals surface area contributed by atoms with Gasteiger partial charge in [-0.05, 0) is 43.3 Å². The number of halogens is 1. The van der Waals surface area contributed by atoms with Crippen LogP contribution in [0.15, 0.2) is 75.8 Å². The van der Waals surface area contributed by atoms with E-state index in [1.807, 2.05) is 55.5 Å². The van der Waals surface area contributed by atoms with E-state index in [4.69, 9.17) is 20.8 Å². The van der Waals surface area contributed by atoms with Crippen molar-refractivity contribution >= 4 is 29.5 Å². The Morgan fingerprint density at radius 2 is 1.81 bits per heavy atom. The fourth-order valence-electron chi connectivity index (χ4n) is 2.59. The van der Waals surface area contributed by atoms with Crippen molar-refractivity contribution < 1.29 is 13.9 Å². The Kier molecular flexibility index (Phi) is 4.19. The lowest BCUT2D eigenvalue weighted by atomic mass is 10.1. The van der Waals surface area contributed by atoms with Crippen LogP contribution in [0, 0.1) is 6.92 Å². The highest BCUT2D eigenvalue weighted by atomic mass is 35.5. The van der Waals surface area contributed by atoms with E-state index < -0.39 is 5.97 Å². The first-order valence-electron chi connectivity index (χ1n) is 8.04. The van der Waals surface area contributed by atoms with Crippen LogP contribution in [0.25, 0.3) is 17.4 Å². The van der Waals surface area contributed by atoms with Crippen LogP contribution in [0.4, 0.5) is 0 Å². The Labute approximate surface area is 155 Å². The van der Waals surface area contributed by atoms with Crippen LogP contribution in [0.2, 0.25) is 5.02 Å². The smallest absolute Gasteiger partial charge is 0.363 e. The van der Waals surface area contributed by atoms with Crippen molar-refractivity contribution in [1.82, 2.24) is 0 Å². The molecule has 4 rings (SSSR count). The topological polar surface area (TPSA) is 51.8 Å². The van der Waals surface area contributed by atoms with Gasteiger partial charge in [0.15, 0.2) is 5.70 Å². The molecule has 26 heavy (non-hydrogen) atoms. The summed E-state index contributed by atoms with van der Waals surface area (Å²) in [6.07, 6.45) is 1.57. The third kappa shape index (κ3) is 3.32. The molecule has 5 heteroatoms. The minimum absolute atomic E-state index is 0.201. The second-order valence-corrected chi connectivity index (χ2v) is 6.35. The Bertz CT molecular complexity index is 1050. The highest BCUT2D eigenvalue weighted by Gasteiger charge is 2.24. The molecule has 2 aromatic carbocycles. The number of rotatable bonds is 3. The zero-order valence-corrected chi connectivity index (χ0v) is 14.7. The van der Waals surface area contributed by atoms with Crippen LogP contribution in [-0.4, -0.2) is 11.9 Å². The van der Waals surface area contributed by atoms with Crippen LogP contribution in [0.5, 0.6) is 0 Å². The van der Waals surface area contributed by atoms with Crippen LogP contribution >= 0.6 is 11.6 Å². The number of ether oxygens (including phenoxy) is 1. The Balaban J connectivity index is 1.62. The highest BCUT2D eigenvalue weighted by Crippen LogP contribution is 2.27. The van der Waals surface area contributed by atoms with Crippen LogP contribution in [0.3, 0.4) is 0 Å². The van der Waals surface area contributed by atoms with E-state index in [1.54, 1.807) is 18.2 Å². The van der Waals surface area contributed by atoms with E-state index in [2.05, 4.69) is 4.99 Å². The van der Waals surface area contributed by atoms with E-state index in [1.165, 1.54) is 0 Å². The Hall–Kier alpha value is -3.11. The first-order valence-corrected chi connectivity index (χ1v) is 8.42. The summed E-state index contributed by atoms with van der Waals surface area (Å²) < 4.78 is 11.0. The van der Waals surface area contributed by atoms with Gasteiger partial charge in [-0.25, -0.2) is 9.79 Å². The van der Waals surface area contributed by atoms with Crippen molar-refractivity contribution in [3.63, 3.8) is 0 Å². The lowest BCUT2D eigenvalue weighted by molar-refractivity contribution is -0.129. The predicted octanol–water partition coefficient (Wildman–Crippen LogP) is 5.25. The molecule has 0 spiro atoms. The van der Waals surface area contributed by atoms with Gasteiger partial charge in [0.25, 0.3) is 0 Å². The van der Waals surface area contributed by atoms with Gasteiger partial charge in [-0.15, -0.1) is 0 Å². The molecule has 4 nitrogen and oxygen atoms in total. The monoisotopic (exact) mass is 363 g/mol. The number of carbonyl (C=O) groups excluding carboxylic acids is 1. The van der Waals surface area contributed by atoms with Gasteiger partial charge < -0.3 is 9.15 Å². The van der Waals surface area contributed by atoms with Crippen LogP contribution < -0.4 is 0 Å². The molecule has 0 atom stereocenters. The van der Waals surface area contributed by atoms with Crippen molar-refractivity contribution in [1.29, 1.82) is 0 Å². The van der Waals surface area contributed by atoms with Gasteiger partial charge in [0.1, 0.15) is 11.5 Å². The van der Waals surface area contributed by atoms with Crippen LogP contribution in [0.1, 0.15) is 16.9 Å². The Morgan fingerprint density at radius 1 is 1.00 bits per heavy atom. The van der Waals surface area contributed by atoms with Gasteiger partial charge in [0.2, 0.25) is 5.90 Å². The second-order valence-electron chi connectivity index (χ2n) is 5.91. The number of hydrogen-bond donors (Lipinski definition) is 0. The predicted molar refractivity (Wildman–Crippen MR) is 101 cm³/mol. The van der Waals surface area contributed by atoms with Gasteiger partial charge in [-0.3, -0.25) is 0 Å². The first-order chi connectivity index (χ1) is 12.6. The summed E-state index contributed by atoms with van der Waals surface area (Å²) in [4.78, 5) is 16.4. The lowest BCUT2D eigenvalue weighted by Crippen LogP contribution is -2.05. The molecule has 0 unspecified atom stereocenters. The fraction of sp³-hybridized carbons (Fsp3) is 0.0476. The van der Waals surface area contributed by atoms with Crippen molar-refractivity contribution in [2.75, 3.05) is 0 Å². The zero-order chi connectivity index (χ0) is 18.1. The maximum Gasteiger partial charge on any atom is 0.363 e. The van der Waals surface area contributed by atoms with Gasteiger partial charge in [0.05, 0.1) is 0 Å². The largest absolute Gasteiger partial charge is 0.457 e. The molecular formula is C21H14ClNO3. The van der Waals surface area contributed by atoms with Crippen molar-refractivity contribution in [2.45, 2.75) is 6.92 Å². The molecule has 0 amide bonds. The molecule has 1 aliphatic rings. The number of benzene rings is 2. The summed E-state index contributed by atoms with van der Waals surface area (Å²) in [5, 5.41) is 0.630. The number of esters is 1. The molecule has 0 fully saturated rings. The van der Waals surface area contributed by atoms with Gasteiger partial charge >= 0.3 is 5.97 Å². The normalized spacial score (nSPS) is 15.2. The average Bonchev–Trinajstić information content (AvgIpc) is 3.23. The Morgan fingerprint density at radius 3 is 2.58 bits per heavy atom. The van der Waals surface area contributed by atoms with Crippen molar-refractivity contribution in [3.05, 3.63) is 88.3 Å². The van der Waals surface area contributed by atoms with E-state index >= 15 is 0 Å². The summed E-state index contributed by atoms with van der Waals surface area (Å²) in [5.74, 6) is 0.971. The molecule has 128 valence electrons. The van der Waals surface area contributed by atoms with Crippen LogP contribution in [-0.2, 0) is 9.53 Å². The highest BCUT2D eigenvalue weighted by molar-refractivity contribution is 6.30. The van der Waals surface area contributed by atoms with E-state index in [9.17, 15) is 4.79 Å². The number of aryl methyl sites for hydroxylation is 1. The number of furan rings is 1. The number of nitrogens with zero attached hydrogens (tertiary/aromatic N) is 1. The number of carbonyl (C=O) groups is 1.